The van der Waals surface area contributed by atoms with Gasteiger partial charge in [0.2, 0.25) is 0 Å². The van der Waals surface area contributed by atoms with Crippen molar-refractivity contribution in [1.82, 2.24) is 0 Å². The van der Waals surface area contributed by atoms with E-state index < -0.39 is 18.3 Å². The Bertz CT molecular complexity index is 128. The molecule has 0 amide bonds. The predicted molar refractivity (Wildman–Crippen MR) is 37.8 cm³/mol. The van der Waals surface area contributed by atoms with Crippen molar-refractivity contribution in [1.29, 1.82) is 0 Å². The highest BCUT2D eigenvalue weighted by atomic mass is 16.3. The zero-order valence-electron chi connectivity index (χ0n) is 6.22. The maximum absolute atomic E-state index is 9.23. The molecule has 0 saturated heterocycles. The van der Waals surface area contributed by atoms with Crippen LogP contribution in [0.1, 0.15) is 12.8 Å². The lowest BCUT2D eigenvalue weighted by Gasteiger charge is -2.33. The summed E-state index contributed by atoms with van der Waals surface area (Å²) < 4.78 is 0. The predicted octanol–water partition coefficient (Wildman–Crippen LogP) is -1.53. The number of hydrogen-bond donors (Lipinski definition) is 4. The highest BCUT2D eigenvalue weighted by Gasteiger charge is 2.33. The molecule has 1 fully saturated rings. The second-order valence-electron chi connectivity index (χ2n) is 3.12. The Hall–Kier alpha value is -0.160. The molecule has 4 nitrogen and oxygen atoms in total. The lowest BCUT2D eigenvalue weighted by atomic mass is 9.83. The normalized spacial score (nSPS) is 45.8. The van der Waals surface area contributed by atoms with Crippen LogP contribution in [0.25, 0.3) is 0 Å². The molecule has 66 valence electrons. The molecule has 0 radical (unpaired) electrons. The Balaban J connectivity index is 2.48. The number of rotatable bonds is 1. The molecule has 11 heavy (non-hydrogen) atoms. The lowest BCUT2D eigenvalue weighted by Crippen LogP contribution is -2.43. The van der Waals surface area contributed by atoms with Gasteiger partial charge >= 0.3 is 0 Å². The van der Waals surface area contributed by atoms with Crippen LogP contribution in [0.5, 0.6) is 0 Å². The third kappa shape index (κ3) is 1.90. The van der Waals surface area contributed by atoms with E-state index in [0.717, 1.165) is 0 Å². The highest BCUT2D eigenvalue weighted by Crippen LogP contribution is 2.24. The quantitative estimate of drug-likeness (QED) is 0.377. The van der Waals surface area contributed by atoms with Crippen molar-refractivity contribution in [2.24, 2.45) is 5.92 Å². The molecule has 1 rings (SSSR count). The first-order valence-corrected chi connectivity index (χ1v) is 3.80. The van der Waals surface area contributed by atoms with Gasteiger partial charge in [-0.1, -0.05) is 0 Å². The van der Waals surface area contributed by atoms with Gasteiger partial charge in [-0.3, -0.25) is 0 Å². The van der Waals surface area contributed by atoms with Gasteiger partial charge in [0.05, 0.1) is 18.3 Å². The molecule has 0 aromatic carbocycles. The zero-order valence-corrected chi connectivity index (χ0v) is 6.22. The zero-order chi connectivity index (χ0) is 8.43. The molecule has 0 unspecified atom stereocenters. The van der Waals surface area contributed by atoms with Crippen LogP contribution in [0, 0.1) is 5.92 Å². The van der Waals surface area contributed by atoms with Crippen LogP contribution in [-0.2, 0) is 0 Å². The first-order valence-electron chi connectivity index (χ1n) is 3.80. The summed E-state index contributed by atoms with van der Waals surface area (Å²) in [4.78, 5) is 0. The van der Waals surface area contributed by atoms with Crippen LogP contribution in [0.3, 0.4) is 0 Å². The first-order chi connectivity index (χ1) is 5.15. The van der Waals surface area contributed by atoms with E-state index in [9.17, 15) is 5.11 Å². The van der Waals surface area contributed by atoms with Crippen molar-refractivity contribution < 1.29 is 20.4 Å². The van der Waals surface area contributed by atoms with E-state index in [1.165, 1.54) is 0 Å². The van der Waals surface area contributed by atoms with E-state index in [4.69, 9.17) is 15.3 Å². The molecule has 0 heterocycles. The molecule has 4 atom stereocenters. The molecule has 0 aliphatic heterocycles. The maximum Gasteiger partial charge on any atom is 0.0823 e. The average molecular weight is 162 g/mol. The summed E-state index contributed by atoms with van der Waals surface area (Å²) in [6.45, 7) is -0.134. The molecular formula is C7H14O4. The Morgan fingerprint density at radius 1 is 0.909 bits per heavy atom. The average Bonchev–Trinajstić information content (AvgIpc) is 1.97. The summed E-state index contributed by atoms with van der Waals surface area (Å²) in [6.07, 6.45) is -1.88. The Kier molecular flexibility index (Phi) is 2.84. The SMILES string of the molecule is OC[C@H]1C[C@H](O)[C@H](O)C[C@@H]1O. The molecule has 4 N–H and O–H groups in total. The van der Waals surface area contributed by atoms with Crippen molar-refractivity contribution in [3.05, 3.63) is 0 Å². The summed E-state index contributed by atoms with van der Waals surface area (Å²) in [6, 6.07) is 0. The van der Waals surface area contributed by atoms with Crippen molar-refractivity contribution in [3.63, 3.8) is 0 Å². The summed E-state index contributed by atoms with van der Waals surface area (Å²) in [5.41, 5.74) is 0. The second-order valence-corrected chi connectivity index (χ2v) is 3.12. The van der Waals surface area contributed by atoms with E-state index in [1.54, 1.807) is 0 Å². The van der Waals surface area contributed by atoms with Crippen LogP contribution in [0.2, 0.25) is 0 Å². The van der Waals surface area contributed by atoms with Gasteiger partial charge in [-0.2, -0.15) is 0 Å². The maximum atomic E-state index is 9.23. The molecule has 4 heteroatoms. The molecule has 0 aromatic heterocycles. The molecule has 0 aromatic rings. The molecular weight excluding hydrogens is 148 g/mol. The fourth-order valence-corrected chi connectivity index (χ4v) is 1.42. The van der Waals surface area contributed by atoms with Gasteiger partial charge in [0, 0.05) is 18.9 Å². The van der Waals surface area contributed by atoms with Gasteiger partial charge in [0.15, 0.2) is 0 Å². The standard InChI is InChI=1S/C7H14O4/c8-3-4-1-6(10)7(11)2-5(4)9/h4-11H,1-3H2/t4-,5+,6+,7-/m1/s1. The van der Waals surface area contributed by atoms with Crippen LogP contribution < -0.4 is 0 Å². The fourth-order valence-electron chi connectivity index (χ4n) is 1.42. The van der Waals surface area contributed by atoms with Gasteiger partial charge in [0.25, 0.3) is 0 Å². The van der Waals surface area contributed by atoms with E-state index in [0.29, 0.717) is 0 Å². The van der Waals surface area contributed by atoms with Crippen LogP contribution in [-0.4, -0.2) is 45.3 Å². The minimum atomic E-state index is -0.840. The number of hydrogen-bond acceptors (Lipinski definition) is 4. The summed E-state index contributed by atoms with van der Waals surface area (Å²) in [5.74, 6) is -0.284. The smallest absolute Gasteiger partial charge is 0.0823 e. The van der Waals surface area contributed by atoms with Crippen LogP contribution in [0.4, 0.5) is 0 Å². The van der Waals surface area contributed by atoms with Gasteiger partial charge < -0.3 is 20.4 Å². The Morgan fingerprint density at radius 2 is 1.45 bits per heavy atom. The van der Waals surface area contributed by atoms with Gasteiger partial charge in [-0.05, 0) is 6.42 Å². The van der Waals surface area contributed by atoms with Gasteiger partial charge in [-0.15, -0.1) is 0 Å². The van der Waals surface area contributed by atoms with E-state index in [1.807, 2.05) is 0 Å². The lowest BCUT2D eigenvalue weighted by molar-refractivity contribution is -0.0868. The summed E-state index contributed by atoms with van der Waals surface area (Å²) >= 11 is 0. The second kappa shape index (κ2) is 3.49. The third-order valence-electron chi connectivity index (χ3n) is 2.25. The topological polar surface area (TPSA) is 80.9 Å². The molecule has 1 saturated carbocycles. The number of aliphatic hydroxyl groups excluding tert-OH is 4. The largest absolute Gasteiger partial charge is 0.396 e. The van der Waals surface area contributed by atoms with Gasteiger partial charge in [-0.25, -0.2) is 0 Å². The fraction of sp³-hybridized carbons (Fsp3) is 1.00. The van der Waals surface area contributed by atoms with Crippen LogP contribution >= 0.6 is 0 Å². The van der Waals surface area contributed by atoms with Gasteiger partial charge in [0.1, 0.15) is 0 Å². The van der Waals surface area contributed by atoms with Crippen molar-refractivity contribution in [2.75, 3.05) is 6.61 Å². The van der Waals surface area contributed by atoms with E-state index in [2.05, 4.69) is 0 Å². The molecule has 0 bridgehead atoms. The van der Waals surface area contributed by atoms with Crippen molar-refractivity contribution >= 4 is 0 Å². The first kappa shape index (κ1) is 8.93. The highest BCUT2D eigenvalue weighted by molar-refractivity contribution is 4.84. The Morgan fingerprint density at radius 3 is 2.00 bits per heavy atom. The van der Waals surface area contributed by atoms with Crippen molar-refractivity contribution in [2.45, 2.75) is 31.2 Å². The minimum Gasteiger partial charge on any atom is -0.396 e. The van der Waals surface area contributed by atoms with E-state index in [-0.39, 0.29) is 25.4 Å². The Labute approximate surface area is 65.1 Å². The third-order valence-corrected chi connectivity index (χ3v) is 2.25. The number of aliphatic hydroxyl groups is 4. The van der Waals surface area contributed by atoms with Crippen LogP contribution in [0.15, 0.2) is 0 Å². The van der Waals surface area contributed by atoms with Crippen molar-refractivity contribution in [3.8, 4) is 0 Å². The minimum absolute atomic E-state index is 0.134. The molecule has 0 spiro atoms. The molecule has 1 aliphatic carbocycles. The summed E-state index contributed by atoms with van der Waals surface area (Å²) in [7, 11) is 0. The summed E-state index contributed by atoms with van der Waals surface area (Å²) in [5, 5.41) is 36.1. The van der Waals surface area contributed by atoms with E-state index >= 15 is 0 Å². The monoisotopic (exact) mass is 162 g/mol. The molecule has 1 aliphatic rings.